The van der Waals surface area contributed by atoms with Gasteiger partial charge in [-0.3, -0.25) is 9.36 Å². The molecule has 3 aliphatic heterocycles. The number of anilines is 1. The first-order chi connectivity index (χ1) is 19.9. The topological polar surface area (TPSA) is 187 Å². The molecular formula is C27H35N7O7. The number of ether oxygens (including phenoxy) is 3. The summed E-state index contributed by atoms with van der Waals surface area (Å²) in [6.07, 6.45) is 1.46. The van der Waals surface area contributed by atoms with E-state index in [9.17, 15) is 19.8 Å². The Labute approximate surface area is 236 Å². The van der Waals surface area contributed by atoms with E-state index in [0.29, 0.717) is 44.2 Å². The lowest BCUT2D eigenvalue weighted by atomic mass is 9.94. The van der Waals surface area contributed by atoms with Crippen molar-refractivity contribution in [2.24, 2.45) is 5.92 Å². The summed E-state index contributed by atoms with van der Waals surface area (Å²) in [6, 6.07) is 0.0865. The highest BCUT2D eigenvalue weighted by atomic mass is 16.6. The third-order valence-corrected chi connectivity index (χ3v) is 8.04. The van der Waals surface area contributed by atoms with E-state index in [2.05, 4.69) is 32.1 Å². The molecule has 4 fully saturated rings. The number of rotatable bonds is 5. The summed E-state index contributed by atoms with van der Waals surface area (Å²) in [5, 5.41) is 24.0. The number of aromatic nitrogens is 4. The lowest BCUT2D eigenvalue weighted by Crippen LogP contribution is -2.43. The average molecular weight is 570 g/mol. The number of piperidine rings is 1. The zero-order valence-corrected chi connectivity index (χ0v) is 22.6. The van der Waals surface area contributed by atoms with Crippen LogP contribution in [0.5, 0.6) is 0 Å². The Morgan fingerprint density at radius 2 is 1.85 bits per heavy atom. The van der Waals surface area contributed by atoms with Crippen molar-refractivity contribution in [2.75, 3.05) is 32.0 Å². The maximum absolute atomic E-state index is 12.5. The number of aliphatic hydroxyl groups is 2. The second-order valence-corrected chi connectivity index (χ2v) is 11.1. The molecule has 3 saturated heterocycles. The van der Waals surface area contributed by atoms with Crippen LogP contribution in [0.3, 0.4) is 0 Å². The number of nitrogens with one attached hydrogen (secondary N) is 1. The minimum Gasteiger partial charge on any atom is -0.446 e. The highest BCUT2D eigenvalue weighted by Gasteiger charge is 2.48. The molecule has 5 heterocycles. The standard InChI is InChI=1S/C27H35N7O7/c28-23-19-24(34(14-29-19)26-21(36)20(35)22(41-26)25(37)30-16-4-5-16)32-18(31-23)3-1-2-15-6-10-33(11-7-15)27(38)40-17-8-12-39-13-9-17/h14-17,20-22,26,35-36H,2,4-13H2,(H,30,37)(H2,28,31,32)/t20-,21+,22+,26-/m1/s1. The van der Waals surface area contributed by atoms with Crippen LogP contribution in [0.25, 0.3) is 11.2 Å². The quantitative estimate of drug-likeness (QED) is 0.357. The van der Waals surface area contributed by atoms with Gasteiger partial charge in [-0.05, 0) is 37.5 Å². The van der Waals surface area contributed by atoms with Crippen molar-refractivity contribution < 1.29 is 34.0 Å². The summed E-state index contributed by atoms with van der Waals surface area (Å²) in [6.45, 7) is 2.50. The van der Waals surface area contributed by atoms with E-state index in [1.165, 1.54) is 10.9 Å². The van der Waals surface area contributed by atoms with Crippen molar-refractivity contribution in [3.63, 3.8) is 0 Å². The van der Waals surface area contributed by atoms with Gasteiger partial charge in [0.1, 0.15) is 23.8 Å². The van der Waals surface area contributed by atoms with Crippen LogP contribution in [0, 0.1) is 17.8 Å². The molecule has 41 heavy (non-hydrogen) atoms. The lowest BCUT2D eigenvalue weighted by Gasteiger charge is -2.32. The van der Waals surface area contributed by atoms with Crippen LogP contribution in [-0.4, -0.2) is 103 Å². The Morgan fingerprint density at radius 3 is 2.59 bits per heavy atom. The molecule has 2 amide bonds. The van der Waals surface area contributed by atoms with Crippen LogP contribution in [0.2, 0.25) is 0 Å². The number of hydrogen-bond donors (Lipinski definition) is 4. The molecule has 14 heteroatoms. The van der Waals surface area contributed by atoms with Crippen LogP contribution in [0.4, 0.5) is 10.6 Å². The molecule has 1 aliphatic carbocycles. The van der Waals surface area contributed by atoms with E-state index in [1.54, 1.807) is 4.90 Å². The number of nitrogens with two attached hydrogens (primary N) is 1. The minimum absolute atomic E-state index is 0.0669. The SMILES string of the molecule is Nc1nc(C#CCC2CCN(C(=O)OC3CCOCC3)CC2)nc2c1ncn2[C@@H]1O[C@H](C(=O)NC2CC2)[C@H](O)[C@@H]1O. The molecule has 4 atom stereocenters. The van der Waals surface area contributed by atoms with E-state index in [-0.39, 0.29) is 35.5 Å². The maximum Gasteiger partial charge on any atom is 0.410 e. The van der Waals surface area contributed by atoms with Crippen molar-refractivity contribution in [1.29, 1.82) is 0 Å². The summed E-state index contributed by atoms with van der Waals surface area (Å²) < 4.78 is 18.1. The predicted molar refractivity (Wildman–Crippen MR) is 143 cm³/mol. The van der Waals surface area contributed by atoms with Crippen molar-refractivity contribution in [3.05, 3.63) is 12.2 Å². The van der Waals surface area contributed by atoms with Gasteiger partial charge < -0.3 is 40.4 Å². The number of hydrogen-bond acceptors (Lipinski definition) is 11. The molecule has 0 radical (unpaired) electrons. The van der Waals surface area contributed by atoms with Crippen LogP contribution in [0.15, 0.2) is 6.33 Å². The number of nitrogen functional groups attached to an aromatic ring is 1. The zero-order valence-electron chi connectivity index (χ0n) is 22.6. The van der Waals surface area contributed by atoms with Gasteiger partial charge in [0.2, 0.25) is 5.82 Å². The van der Waals surface area contributed by atoms with Gasteiger partial charge in [0, 0.05) is 38.4 Å². The number of aliphatic hydroxyl groups excluding tert-OH is 2. The van der Waals surface area contributed by atoms with Gasteiger partial charge in [-0.25, -0.2) is 19.7 Å². The molecule has 2 aromatic heterocycles. The first kappa shape index (κ1) is 27.6. The largest absolute Gasteiger partial charge is 0.446 e. The Hall–Kier alpha value is -3.51. The van der Waals surface area contributed by atoms with Crippen molar-refractivity contribution in [3.8, 4) is 11.8 Å². The Morgan fingerprint density at radius 1 is 1.10 bits per heavy atom. The Balaban J connectivity index is 1.07. The normalized spacial score (nSPS) is 27.4. The molecule has 0 unspecified atom stereocenters. The summed E-state index contributed by atoms with van der Waals surface area (Å²) >= 11 is 0. The number of fused-ring (bicyclic) bond motifs is 1. The number of carbonyl (C=O) groups excluding carboxylic acids is 2. The third kappa shape index (κ3) is 6.08. The van der Waals surface area contributed by atoms with Gasteiger partial charge in [0.15, 0.2) is 23.8 Å². The van der Waals surface area contributed by atoms with E-state index in [1.807, 2.05) is 0 Å². The predicted octanol–water partition coefficient (Wildman–Crippen LogP) is 0.0755. The molecule has 220 valence electrons. The fourth-order valence-corrected chi connectivity index (χ4v) is 5.40. The number of likely N-dealkylation sites (tertiary alicyclic amines) is 1. The fourth-order valence-electron chi connectivity index (χ4n) is 5.40. The first-order valence-corrected chi connectivity index (χ1v) is 14.2. The Kier molecular flexibility index (Phi) is 7.94. The molecule has 2 aromatic rings. The maximum atomic E-state index is 12.5. The summed E-state index contributed by atoms with van der Waals surface area (Å²) in [7, 11) is 0. The van der Waals surface area contributed by atoms with E-state index in [0.717, 1.165) is 38.5 Å². The second kappa shape index (κ2) is 11.8. The van der Waals surface area contributed by atoms with E-state index < -0.39 is 30.4 Å². The number of amides is 2. The molecule has 0 spiro atoms. The van der Waals surface area contributed by atoms with Crippen LogP contribution in [-0.2, 0) is 19.0 Å². The second-order valence-electron chi connectivity index (χ2n) is 11.1. The third-order valence-electron chi connectivity index (χ3n) is 8.04. The van der Waals surface area contributed by atoms with Gasteiger partial charge >= 0.3 is 6.09 Å². The summed E-state index contributed by atoms with van der Waals surface area (Å²) in [5.41, 5.74) is 6.70. The molecule has 5 N–H and O–H groups in total. The number of nitrogens with zero attached hydrogens (tertiary/aromatic N) is 5. The molecule has 6 rings (SSSR count). The first-order valence-electron chi connectivity index (χ1n) is 14.2. The Bertz CT molecular complexity index is 1340. The molecule has 4 aliphatic rings. The highest BCUT2D eigenvalue weighted by molar-refractivity contribution is 5.83. The van der Waals surface area contributed by atoms with Crippen molar-refractivity contribution in [2.45, 2.75) is 81.6 Å². The smallest absolute Gasteiger partial charge is 0.410 e. The van der Waals surface area contributed by atoms with Gasteiger partial charge in [-0.15, -0.1) is 0 Å². The monoisotopic (exact) mass is 569 g/mol. The number of carbonyl (C=O) groups is 2. The number of imidazole rings is 1. The van der Waals surface area contributed by atoms with Gasteiger partial charge in [-0.1, -0.05) is 5.92 Å². The van der Waals surface area contributed by atoms with Crippen molar-refractivity contribution in [1.82, 2.24) is 29.7 Å². The lowest BCUT2D eigenvalue weighted by molar-refractivity contribution is -0.137. The average Bonchev–Trinajstić information content (AvgIpc) is 3.61. The molecule has 1 saturated carbocycles. The summed E-state index contributed by atoms with van der Waals surface area (Å²) in [4.78, 5) is 39.7. The van der Waals surface area contributed by atoms with E-state index >= 15 is 0 Å². The van der Waals surface area contributed by atoms with Gasteiger partial charge in [0.05, 0.1) is 19.5 Å². The molecule has 0 bridgehead atoms. The highest BCUT2D eigenvalue weighted by Crippen LogP contribution is 2.33. The van der Waals surface area contributed by atoms with Crippen molar-refractivity contribution >= 4 is 29.0 Å². The van der Waals surface area contributed by atoms with Gasteiger partial charge in [0.25, 0.3) is 5.91 Å². The van der Waals surface area contributed by atoms with E-state index in [4.69, 9.17) is 19.9 Å². The summed E-state index contributed by atoms with van der Waals surface area (Å²) in [5.74, 6) is 6.26. The van der Waals surface area contributed by atoms with Crippen LogP contribution < -0.4 is 11.1 Å². The van der Waals surface area contributed by atoms with Crippen LogP contribution in [0.1, 0.15) is 57.0 Å². The van der Waals surface area contributed by atoms with Crippen LogP contribution >= 0.6 is 0 Å². The minimum atomic E-state index is -1.41. The molecule has 0 aromatic carbocycles. The van der Waals surface area contributed by atoms with Gasteiger partial charge in [-0.2, -0.15) is 0 Å². The zero-order chi connectivity index (χ0) is 28.5. The fraction of sp³-hybridized carbons (Fsp3) is 0.667. The molecular weight excluding hydrogens is 534 g/mol. The molecule has 14 nitrogen and oxygen atoms in total.